The molecule has 1 atom stereocenters. The van der Waals surface area contributed by atoms with Crippen molar-refractivity contribution in [1.82, 2.24) is 5.32 Å². The topological polar surface area (TPSA) is 72.5 Å². The molecule has 20 heavy (non-hydrogen) atoms. The number of nitrogens with one attached hydrogen (secondary N) is 1. The largest absolute Gasteiger partial charge is 0.381 e. The fourth-order valence-electron chi connectivity index (χ4n) is 1.95. The Morgan fingerprint density at radius 2 is 2.05 bits per heavy atom. The lowest BCUT2D eigenvalue weighted by Gasteiger charge is -2.09. The van der Waals surface area contributed by atoms with E-state index in [2.05, 4.69) is 5.32 Å². The second-order valence-corrected chi connectivity index (χ2v) is 6.73. The molecule has 0 unspecified atom stereocenters. The van der Waals surface area contributed by atoms with Crippen LogP contribution in [0.25, 0.3) is 0 Å². The van der Waals surface area contributed by atoms with Gasteiger partial charge >= 0.3 is 0 Å². The summed E-state index contributed by atoms with van der Waals surface area (Å²) in [7, 11) is -3.51. The summed E-state index contributed by atoms with van der Waals surface area (Å²) in [6.45, 7) is 0.984. The smallest absolute Gasteiger partial charge is 0.225 e. The Bertz CT molecular complexity index is 565. The molecule has 1 aliphatic rings. The summed E-state index contributed by atoms with van der Waals surface area (Å²) < 4.78 is 41.7. The number of hydrogen-bond donors (Lipinski definition) is 1. The normalized spacial score (nSPS) is 18.9. The van der Waals surface area contributed by atoms with Crippen LogP contribution in [0.15, 0.2) is 29.2 Å². The second-order valence-electron chi connectivity index (χ2n) is 4.62. The van der Waals surface area contributed by atoms with Gasteiger partial charge in [-0.2, -0.15) is 0 Å². The summed E-state index contributed by atoms with van der Waals surface area (Å²) in [6.07, 6.45) is 0.663. The molecule has 0 aromatic heterocycles. The zero-order valence-corrected chi connectivity index (χ0v) is 11.7. The number of rotatable bonds is 5. The summed E-state index contributed by atoms with van der Waals surface area (Å²) in [4.78, 5) is 11.7. The molecule has 0 radical (unpaired) electrons. The Balaban J connectivity index is 1.86. The molecule has 1 aromatic rings. The molecule has 5 nitrogen and oxygen atoms in total. The molecular formula is C13H16FNO4S. The number of benzene rings is 1. The van der Waals surface area contributed by atoms with Gasteiger partial charge in [0.15, 0.2) is 9.84 Å². The minimum absolute atomic E-state index is 0.0367. The van der Waals surface area contributed by atoms with Gasteiger partial charge in [0.2, 0.25) is 5.91 Å². The summed E-state index contributed by atoms with van der Waals surface area (Å²) in [6, 6.07) is 4.64. The van der Waals surface area contributed by atoms with E-state index in [-0.39, 0.29) is 29.0 Å². The van der Waals surface area contributed by atoms with Gasteiger partial charge in [0.1, 0.15) is 5.82 Å². The SMILES string of the molecule is O=C(NCCS(=O)(=O)c1ccc(F)cc1)[C@@H]1CCOC1. The first kappa shape index (κ1) is 14.9. The Labute approximate surface area is 117 Å². The molecule has 2 rings (SSSR count). The number of hydrogen-bond acceptors (Lipinski definition) is 4. The molecule has 0 saturated carbocycles. The maximum Gasteiger partial charge on any atom is 0.225 e. The summed E-state index contributed by atoms with van der Waals surface area (Å²) in [5.74, 6) is -1.07. The molecule has 0 bridgehead atoms. The van der Waals surface area contributed by atoms with E-state index in [1.807, 2.05) is 0 Å². The molecule has 1 heterocycles. The zero-order chi connectivity index (χ0) is 14.6. The zero-order valence-electron chi connectivity index (χ0n) is 10.8. The maximum atomic E-state index is 12.7. The highest BCUT2D eigenvalue weighted by molar-refractivity contribution is 7.91. The van der Waals surface area contributed by atoms with Crippen molar-refractivity contribution in [3.8, 4) is 0 Å². The molecule has 1 fully saturated rings. The molecule has 1 aromatic carbocycles. The minimum atomic E-state index is -3.51. The maximum absolute atomic E-state index is 12.7. The molecule has 110 valence electrons. The standard InChI is InChI=1S/C13H16FNO4S/c14-11-1-3-12(4-2-11)20(17,18)8-6-15-13(16)10-5-7-19-9-10/h1-4,10H,5-9H2,(H,15,16)/t10-/m1/s1. The Kier molecular flexibility index (Phi) is 4.72. The van der Waals surface area contributed by atoms with E-state index in [9.17, 15) is 17.6 Å². The van der Waals surface area contributed by atoms with E-state index in [0.717, 1.165) is 12.1 Å². The van der Waals surface area contributed by atoms with Crippen LogP contribution in [0, 0.1) is 11.7 Å². The van der Waals surface area contributed by atoms with Crippen LogP contribution in [0.1, 0.15) is 6.42 Å². The van der Waals surface area contributed by atoms with Crippen LogP contribution in [-0.2, 0) is 19.4 Å². The third kappa shape index (κ3) is 3.77. The number of ether oxygens (including phenoxy) is 1. The molecule has 1 aliphatic heterocycles. The van der Waals surface area contributed by atoms with Crippen LogP contribution in [0.2, 0.25) is 0 Å². The fraction of sp³-hybridized carbons (Fsp3) is 0.462. The Morgan fingerprint density at radius 3 is 2.65 bits per heavy atom. The fourth-order valence-corrected chi connectivity index (χ4v) is 3.11. The highest BCUT2D eigenvalue weighted by atomic mass is 32.2. The van der Waals surface area contributed by atoms with E-state index < -0.39 is 15.7 Å². The van der Waals surface area contributed by atoms with Gasteiger partial charge in [-0.25, -0.2) is 12.8 Å². The average molecular weight is 301 g/mol. The van der Waals surface area contributed by atoms with Crippen LogP contribution in [-0.4, -0.2) is 39.8 Å². The van der Waals surface area contributed by atoms with Crippen LogP contribution in [0.3, 0.4) is 0 Å². The van der Waals surface area contributed by atoms with E-state index in [0.29, 0.717) is 19.6 Å². The first-order valence-corrected chi connectivity index (χ1v) is 7.98. The number of halogens is 1. The molecule has 1 amide bonds. The van der Waals surface area contributed by atoms with E-state index in [4.69, 9.17) is 4.74 Å². The summed E-state index contributed by atoms with van der Waals surface area (Å²) >= 11 is 0. The van der Waals surface area contributed by atoms with Gasteiger partial charge in [0, 0.05) is 13.2 Å². The van der Waals surface area contributed by atoms with Crippen molar-refractivity contribution in [2.45, 2.75) is 11.3 Å². The van der Waals surface area contributed by atoms with Crippen LogP contribution in [0.5, 0.6) is 0 Å². The van der Waals surface area contributed by atoms with Crippen molar-refractivity contribution in [1.29, 1.82) is 0 Å². The Hall–Kier alpha value is -1.47. The number of amides is 1. The predicted molar refractivity (Wildman–Crippen MR) is 70.4 cm³/mol. The van der Waals surface area contributed by atoms with Gasteiger partial charge in [-0.1, -0.05) is 0 Å². The van der Waals surface area contributed by atoms with Crippen LogP contribution < -0.4 is 5.32 Å². The number of carbonyl (C=O) groups is 1. The lowest BCUT2D eigenvalue weighted by Crippen LogP contribution is -2.34. The van der Waals surface area contributed by atoms with Gasteiger partial charge < -0.3 is 10.1 Å². The highest BCUT2D eigenvalue weighted by Crippen LogP contribution is 2.13. The quantitative estimate of drug-likeness (QED) is 0.815. The first-order valence-electron chi connectivity index (χ1n) is 6.33. The van der Waals surface area contributed by atoms with Gasteiger partial charge in [-0.15, -0.1) is 0 Å². The van der Waals surface area contributed by atoms with Crippen molar-refractivity contribution in [2.24, 2.45) is 5.92 Å². The predicted octanol–water partition coefficient (Wildman–Crippen LogP) is 0.752. The third-order valence-electron chi connectivity index (χ3n) is 3.14. The van der Waals surface area contributed by atoms with E-state index in [1.165, 1.54) is 12.1 Å². The lowest BCUT2D eigenvalue weighted by molar-refractivity contribution is -0.124. The molecule has 1 saturated heterocycles. The summed E-state index contributed by atoms with van der Waals surface area (Å²) in [5.41, 5.74) is 0. The molecule has 1 N–H and O–H groups in total. The van der Waals surface area contributed by atoms with Crippen molar-refractivity contribution < 1.29 is 22.3 Å². The van der Waals surface area contributed by atoms with Gasteiger partial charge in [-0.05, 0) is 30.7 Å². The summed E-state index contributed by atoms with van der Waals surface area (Å²) in [5, 5.41) is 2.59. The second kappa shape index (κ2) is 6.32. The lowest BCUT2D eigenvalue weighted by atomic mass is 10.1. The molecule has 7 heteroatoms. The van der Waals surface area contributed by atoms with Gasteiger partial charge in [-0.3, -0.25) is 4.79 Å². The van der Waals surface area contributed by atoms with Crippen molar-refractivity contribution in [2.75, 3.05) is 25.5 Å². The molecule has 0 spiro atoms. The first-order chi connectivity index (χ1) is 9.49. The van der Waals surface area contributed by atoms with Crippen molar-refractivity contribution in [3.63, 3.8) is 0 Å². The third-order valence-corrected chi connectivity index (χ3v) is 4.88. The number of carbonyl (C=O) groups excluding carboxylic acids is 1. The highest BCUT2D eigenvalue weighted by Gasteiger charge is 2.23. The van der Waals surface area contributed by atoms with E-state index in [1.54, 1.807) is 0 Å². The number of sulfone groups is 1. The van der Waals surface area contributed by atoms with Crippen molar-refractivity contribution >= 4 is 15.7 Å². The Morgan fingerprint density at radius 1 is 1.35 bits per heavy atom. The van der Waals surface area contributed by atoms with Crippen molar-refractivity contribution in [3.05, 3.63) is 30.1 Å². The van der Waals surface area contributed by atoms with Crippen LogP contribution >= 0.6 is 0 Å². The van der Waals surface area contributed by atoms with Gasteiger partial charge in [0.05, 0.1) is 23.2 Å². The molecule has 0 aliphatic carbocycles. The van der Waals surface area contributed by atoms with Crippen LogP contribution in [0.4, 0.5) is 4.39 Å². The van der Waals surface area contributed by atoms with Gasteiger partial charge in [0.25, 0.3) is 0 Å². The van der Waals surface area contributed by atoms with E-state index >= 15 is 0 Å². The monoisotopic (exact) mass is 301 g/mol. The average Bonchev–Trinajstić information content (AvgIpc) is 2.93. The molecular weight excluding hydrogens is 285 g/mol. The minimum Gasteiger partial charge on any atom is -0.381 e.